The standard InChI is InChI=1S/C32H35N5O5S/c1-22-20-35(14-15-36(22)31(39)24-17-25(40-2)19-26(18-24)41-3)30(38)21-43-32-34-33-29(16-23-10-6-5-7-11-23)37(32)27-12-8-9-13-28(27)42-4/h5-13,17-19,22H,14-16,20-21H2,1-4H3. The van der Waals surface area contributed by atoms with Gasteiger partial charge in [-0.15, -0.1) is 10.2 Å². The van der Waals surface area contributed by atoms with Crippen molar-refractivity contribution in [3.63, 3.8) is 0 Å². The van der Waals surface area contributed by atoms with Crippen molar-refractivity contribution >= 4 is 23.6 Å². The van der Waals surface area contributed by atoms with Crippen LogP contribution in [0.15, 0.2) is 78.0 Å². The van der Waals surface area contributed by atoms with Gasteiger partial charge in [-0.1, -0.05) is 54.2 Å². The van der Waals surface area contributed by atoms with Crippen molar-refractivity contribution in [3.8, 4) is 22.9 Å². The highest BCUT2D eigenvalue weighted by atomic mass is 32.2. The summed E-state index contributed by atoms with van der Waals surface area (Å²) in [5.74, 6) is 2.58. The van der Waals surface area contributed by atoms with E-state index in [9.17, 15) is 9.59 Å². The number of rotatable bonds is 10. The first-order chi connectivity index (χ1) is 20.9. The van der Waals surface area contributed by atoms with Gasteiger partial charge in [0.2, 0.25) is 5.91 Å². The quantitative estimate of drug-likeness (QED) is 0.248. The average Bonchev–Trinajstić information content (AvgIpc) is 3.44. The second-order valence-corrected chi connectivity index (χ2v) is 11.1. The molecule has 1 atom stereocenters. The first-order valence-electron chi connectivity index (χ1n) is 14.0. The molecule has 43 heavy (non-hydrogen) atoms. The van der Waals surface area contributed by atoms with E-state index in [-0.39, 0.29) is 23.6 Å². The molecule has 5 rings (SSSR count). The fourth-order valence-electron chi connectivity index (χ4n) is 5.14. The second-order valence-electron chi connectivity index (χ2n) is 10.1. The third-order valence-corrected chi connectivity index (χ3v) is 8.31. The summed E-state index contributed by atoms with van der Waals surface area (Å²) >= 11 is 1.34. The summed E-state index contributed by atoms with van der Waals surface area (Å²) in [5, 5.41) is 9.58. The van der Waals surface area contributed by atoms with Gasteiger partial charge in [0.05, 0.1) is 32.8 Å². The number of nitrogens with zero attached hydrogens (tertiary/aromatic N) is 5. The lowest BCUT2D eigenvalue weighted by molar-refractivity contribution is -0.130. The number of carbonyl (C=O) groups excluding carboxylic acids is 2. The maximum Gasteiger partial charge on any atom is 0.254 e. The fourth-order valence-corrected chi connectivity index (χ4v) is 6.01. The molecule has 4 aromatic rings. The zero-order chi connectivity index (χ0) is 30.3. The number of para-hydroxylation sites is 2. The molecule has 11 heteroatoms. The molecule has 0 bridgehead atoms. The van der Waals surface area contributed by atoms with Gasteiger partial charge in [-0.3, -0.25) is 14.2 Å². The number of aromatic nitrogens is 3. The van der Waals surface area contributed by atoms with Gasteiger partial charge in [0.15, 0.2) is 5.16 Å². The Labute approximate surface area is 255 Å². The highest BCUT2D eigenvalue weighted by Gasteiger charge is 2.31. The average molecular weight is 602 g/mol. The molecular weight excluding hydrogens is 566 g/mol. The summed E-state index contributed by atoms with van der Waals surface area (Å²) in [5.41, 5.74) is 2.40. The number of benzene rings is 3. The Morgan fingerprint density at radius 2 is 1.58 bits per heavy atom. The van der Waals surface area contributed by atoms with E-state index in [2.05, 4.69) is 10.2 Å². The monoisotopic (exact) mass is 601 g/mol. The van der Waals surface area contributed by atoms with Gasteiger partial charge in [0.25, 0.3) is 5.91 Å². The van der Waals surface area contributed by atoms with Crippen LogP contribution < -0.4 is 14.2 Å². The summed E-state index contributed by atoms with van der Waals surface area (Å²) in [7, 11) is 4.74. The molecular formula is C32H35N5O5S. The lowest BCUT2D eigenvalue weighted by atomic mass is 10.1. The number of ether oxygens (including phenoxy) is 3. The van der Waals surface area contributed by atoms with Gasteiger partial charge >= 0.3 is 0 Å². The SMILES string of the molecule is COc1cc(OC)cc(C(=O)N2CCN(C(=O)CSc3nnc(Cc4ccccc4)n3-c3ccccc3OC)CC2C)c1. The van der Waals surface area contributed by atoms with Crippen LogP contribution in [0.4, 0.5) is 0 Å². The molecule has 0 N–H and O–H groups in total. The summed E-state index contributed by atoms with van der Waals surface area (Å²) in [6.07, 6.45) is 0.576. The minimum Gasteiger partial charge on any atom is -0.497 e. The first kappa shape index (κ1) is 30.0. The second kappa shape index (κ2) is 13.6. The molecule has 10 nitrogen and oxygen atoms in total. The highest BCUT2D eigenvalue weighted by molar-refractivity contribution is 7.99. The van der Waals surface area contributed by atoms with Crippen LogP contribution in [0.2, 0.25) is 0 Å². The number of hydrogen-bond donors (Lipinski definition) is 0. The topological polar surface area (TPSA) is 99.0 Å². The number of carbonyl (C=O) groups is 2. The molecule has 224 valence electrons. The van der Waals surface area contributed by atoms with Crippen molar-refractivity contribution in [1.29, 1.82) is 0 Å². The van der Waals surface area contributed by atoms with Crippen LogP contribution in [0.3, 0.4) is 0 Å². The Morgan fingerprint density at radius 1 is 0.884 bits per heavy atom. The summed E-state index contributed by atoms with van der Waals surface area (Å²) in [6, 6.07) is 22.7. The van der Waals surface area contributed by atoms with Crippen LogP contribution in [0.1, 0.15) is 28.7 Å². The first-order valence-corrected chi connectivity index (χ1v) is 15.0. The molecule has 3 aromatic carbocycles. The van der Waals surface area contributed by atoms with E-state index in [1.54, 1.807) is 44.4 Å². The Morgan fingerprint density at radius 3 is 2.26 bits per heavy atom. The van der Waals surface area contributed by atoms with Crippen LogP contribution >= 0.6 is 11.8 Å². The Hall–Kier alpha value is -4.51. The molecule has 1 aliphatic heterocycles. The smallest absolute Gasteiger partial charge is 0.254 e. The van der Waals surface area contributed by atoms with Crippen molar-refractivity contribution in [2.45, 2.75) is 24.5 Å². The van der Waals surface area contributed by atoms with Gasteiger partial charge in [0, 0.05) is 43.7 Å². The number of thioether (sulfide) groups is 1. The van der Waals surface area contributed by atoms with Crippen molar-refractivity contribution in [3.05, 3.63) is 89.7 Å². The van der Waals surface area contributed by atoms with E-state index in [0.29, 0.717) is 54.0 Å². The van der Waals surface area contributed by atoms with Crippen molar-refractivity contribution in [2.24, 2.45) is 0 Å². The molecule has 0 spiro atoms. The minimum atomic E-state index is -0.165. The summed E-state index contributed by atoms with van der Waals surface area (Å²) in [4.78, 5) is 30.4. The van der Waals surface area contributed by atoms with Gasteiger partial charge in [-0.25, -0.2) is 0 Å². The van der Waals surface area contributed by atoms with Crippen molar-refractivity contribution < 1.29 is 23.8 Å². The van der Waals surface area contributed by atoms with Gasteiger partial charge < -0.3 is 24.0 Å². The predicted octanol–water partition coefficient (Wildman–Crippen LogP) is 4.35. The van der Waals surface area contributed by atoms with Crippen LogP contribution in [0.25, 0.3) is 5.69 Å². The molecule has 1 fully saturated rings. The van der Waals surface area contributed by atoms with E-state index < -0.39 is 0 Å². The van der Waals surface area contributed by atoms with Crippen LogP contribution in [0, 0.1) is 0 Å². The van der Waals surface area contributed by atoms with Gasteiger partial charge in [-0.2, -0.15) is 0 Å². The van der Waals surface area contributed by atoms with E-state index in [1.807, 2.05) is 71.0 Å². The third-order valence-electron chi connectivity index (χ3n) is 7.40. The van der Waals surface area contributed by atoms with Crippen LogP contribution in [0.5, 0.6) is 17.2 Å². The van der Waals surface area contributed by atoms with Crippen molar-refractivity contribution in [1.82, 2.24) is 24.6 Å². The molecule has 0 radical (unpaired) electrons. The lowest BCUT2D eigenvalue weighted by Gasteiger charge is -2.40. The van der Waals surface area contributed by atoms with E-state index in [0.717, 1.165) is 17.1 Å². The van der Waals surface area contributed by atoms with E-state index >= 15 is 0 Å². The normalized spacial score (nSPS) is 14.8. The Bertz CT molecular complexity index is 1560. The van der Waals surface area contributed by atoms with Gasteiger partial charge in [0.1, 0.15) is 23.1 Å². The molecule has 2 amide bonds. The number of hydrogen-bond acceptors (Lipinski definition) is 8. The lowest BCUT2D eigenvalue weighted by Crippen LogP contribution is -2.55. The highest BCUT2D eigenvalue weighted by Crippen LogP contribution is 2.30. The van der Waals surface area contributed by atoms with Crippen LogP contribution in [-0.2, 0) is 11.2 Å². The molecule has 1 aliphatic rings. The zero-order valence-electron chi connectivity index (χ0n) is 24.7. The maximum atomic E-state index is 13.4. The largest absolute Gasteiger partial charge is 0.497 e. The third kappa shape index (κ3) is 6.77. The Kier molecular flexibility index (Phi) is 9.51. The Balaban J connectivity index is 1.28. The summed E-state index contributed by atoms with van der Waals surface area (Å²) in [6.45, 7) is 3.25. The number of methoxy groups -OCH3 is 3. The van der Waals surface area contributed by atoms with Crippen LogP contribution in [-0.4, -0.2) is 89.1 Å². The zero-order valence-corrected chi connectivity index (χ0v) is 25.5. The molecule has 1 aromatic heterocycles. The number of piperazine rings is 1. The minimum absolute atomic E-state index is 0.0221. The fraction of sp³-hybridized carbons (Fsp3) is 0.312. The van der Waals surface area contributed by atoms with Gasteiger partial charge in [-0.05, 0) is 36.8 Å². The van der Waals surface area contributed by atoms with E-state index in [1.165, 1.54) is 11.8 Å². The molecule has 0 saturated carbocycles. The van der Waals surface area contributed by atoms with E-state index in [4.69, 9.17) is 14.2 Å². The van der Waals surface area contributed by atoms with Crippen molar-refractivity contribution in [2.75, 3.05) is 46.7 Å². The predicted molar refractivity (Wildman–Crippen MR) is 165 cm³/mol. The molecule has 1 saturated heterocycles. The molecule has 0 aliphatic carbocycles. The summed E-state index contributed by atoms with van der Waals surface area (Å²) < 4.78 is 18.3. The molecule has 2 heterocycles. The maximum absolute atomic E-state index is 13.4. The molecule has 1 unspecified atom stereocenters. The number of amides is 2.